The molecule has 0 saturated heterocycles. The average Bonchev–Trinajstić information content (AvgIpc) is 2.95. The highest BCUT2D eigenvalue weighted by atomic mass is 35.5. The Morgan fingerprint density at radius 1 is 1.22 bits per heavy atom. The van der Waals surface area contributed by atoms with Crippen molar-refractivity contribution in [3.63, 3.8) is 0 Å². The van der Waals surface area contributed by atoms with Gasteiger partial charge in [-0.3, -0.25) is 4.98 Å². The fourth-order valence-corrected chi connectivity index (χ4v) is 3.37. The van der Waals surface area contributed by atoms with E-state index in [0.717, 1.165) is 52.0 Å². The van der Waals surface area contributed by atoms with E-state index in [0.29, 0.717) is 0 Å². The predicted molar refractivity (Wildman–Crippen MR) is 117 cm³/mol. The van der Waals surface area contributed by atoms with Gasteiger partial charge in [-0.25, -0.2) is 9.97 Å². The molecule has 0 atom stereocenters. The molecular formula is C18H20Cl2N6S. The smallest absolute Gasteiger partial charge is 0.178 e. The number of anilines is 1. The van der Waals surface area contributed by atoms with Gasteiger partial charge in [-0.2, -0.15) is 0 Å². The molecule has 0 aliphatic carbocycles. The fourth-order valence-electron chi connectivity index (χ4n) is 3.03. The number of benzene rings is 1. The Kier molecular flexibility index (Phi) is 7.12. The Labute approximate surface area is 174 Å². The summed E-state index contributed by atoms with van der Waals surface area (Å²) in [5, 5.41) is 4.40. The lowest BCUT2D eigenvalue weighted by Gasteiger charge is -2.09. The first-order valence-electron chi connectivity index (χ1n) is 8.26. The number of fused-ring (bicyclic) bond motifs is 2. The first-order chi connectivity index (χ1) is 12.3. The molecule has 0 aliphatic heterocycles. The minimum absolute atomic E-state index is 0. The molecule has 0 radical (unpaired) electrons. The van der Waals surface area contributed by atoms with E-state index in [4.69, 9.17) is 12.2 Å². The van der Waals surface area contributed by atoms with Crippen LogP contribution < -0.4 is 5.32 Å². The molecule has 6 nitrogen and oxygen atoms in total. The van der Waals surface area contributed by atoms with Gasteiger partial charge in [0.15, 0.2) is 4.77 Å². The molecule has 3 aromatic heterocycles. The fraction of sp³-hybridized carbons (Fsp3) is 0.222. The molecule has 0 spiro atoms. The van der Waals surface area contributed by atoms with Crippen LogP contribution in [0.15, 0.2) is 43.0 Å². The maximum absolute atomic E-state index is 5.40. The third-order valence-electron chi connectivity index (χ3n) is 4.28. The van der Waals surface area contributed by atoms with Gasteiger partial charge in [-0.1, -0.05) is 6.07 Å². The third kappa shape index (κ3) is 4.21. The molecule has 142 valence electrons. The van der Waals surface area contributed by atoms with E-state index in [1.165, 1.54) is 5.56 Å². The van der Waals surface area contributed by atoms with Crippen molar-refractivity contribution in [2.45, 2.75) is 19.9 Å². The largest absolute Gasteiger partial charge is 0.369 e. The van der Waals surface area contributed by atoms with Gasteiger partial charge in [0.25, 0.3) is 0 Å². The number of pyridine rings is 1. The van der Waals surface area contributed by atoms with Crippen molar-refractivity contribution < 1.29 is 0 Å². The molecule has 3 heterocycles. The second kappa shape index (κ2) is 9.12. The Morgan fingerprint density at radius 2 is 2.07 bits per heavy atom. The van der Waals surface area contributed by atoms with Crippen molar-refractivity contribution in [1.29, 1.82) is 0 Å². The number of aromatic amines is 1. The van der Waals surface area contributed by atoms with E-state index in [9.17, 15) is 0 Å². The summed E-state index contributed by atoms with van der Waals surface area (Å²) in [5.41, 5.74) is 4.17. The van der Waals surface area contributed by atoms with Gasteiger partial charge < -0.3 is 14.9 Å². The van der Waals surface area contributed by atoms with Gasteiger partial charge >= 0.3 is 0 Å². The van der Waals surface area contributed by atoms with Crippen LogP contribution in [0.5, 0.6) is 0 Å². The Balaban J connectivity index is 0.00000131. The lowest BCUT2D eigenvalue weighted by Crippen LogP contribution is -2.07. The average molecular weight is 423 g/mol. The maximum atomic E-state index is 5.40. The van der Waals surface area contributed by atoms with E-state index in [2.05, 4.69) is 54.9 Å². The molecule has 0 amide bonds. The number of nitrogens with one attached hydrogen (secondary N) is 2. The van der Waals surface area contributed by atoms with Crippen LogP contribution in [0.1, 0.15) is 12.5 Å². The molecule has 9 heteroatoms. The van der Waals surface area contributed by atoms with Crippen LogP contribution in [0.4, 0.5) is 5.82 Å². The van der Waals surface area contributed by atoms with Crippen molar-refractivity contribution in [2.75, 3.05) is 11.9 Å². The number of aromatic nitrogens is 5. The molecule has 4 rings (SSSR count). The monoisotopic (exact) mass is 422 g/mol. The lowest BCUT2D eigenvalue weighted by atomic mass is 10.2. The number of hydrogen-bond donors (Lipinski definition) is 2. The highest BCUT2D eigenvalue weighted by molar-refractivity contribution is 7.71. The quantitative estimate of drug-likeness (QED) is 0.461. The van der Waals surface area contributed by atoms with Crippen LogP contribution in [-0.4, -0.2) is 31.0 Å². The molecule has 0 aliphatic rings. The second-order valence-corrected chi connectivity index (χ2v) is 6.21. The Morgan fingerprint density at radius 3 is 2.81 bits per heavy atom. The van der Waals surface area contributed by atoms with Gasteiger partial charge in [-0.15, -0.1) is 24.8 Å². The molecule has 4 aromatic rings. The number of imidazole rings is 1. The standard InChI is InChI=1S/C18H18N6S.2ClH/c1-2-24-16-9-14-13(8-15(16)23-18(24)25)17(22-11-21-14)20-7-5-12-4-3-6-19-10-12;;/h3-4,6,8-11H,2,5,7H2,1H3,(H,23,25)(H,20,21,22);2*1H. The van der Waals surface area contributed by atoms with Gasteiger partial charge in [0.1, 0.15) is 12.1 Å². The van der Waals surface area contributed by atoms with Gasteiger partial charge in [0.05, 0.1) is 16.6 Å². The first-order valence-corrected chi connectivity index (χ1v) is 8.67. The van der Waals surface area contributed by atoms with Crippen LogP contribution in [0.2, 0.25) is 0 Å². The van der Waals surface area contributed by atoms with Crippen LogP contribution in [0.3, 0.4) is 0 Å². The summed E-state index contributed by atoms with van der Waals surface area (Å²) in [4.78, 5) is 16.2. The topological polar surface area (TPSA) is 71.4 Å². The molecule has 0 bridgehead atoms. The maximum Gasteiger partial charge on any atom is 0.178 e. The highest BCUT2D eigenvalue weighted by Gasteiger charge is 2.09. The van der Waals surface area contributed by atoms with Crippen LogP contribution >= 0.6 is 37.0 Å². The van der Waals surface area contributed by atoms with E-state index in [-0.39, 0.29) is 24.8 Å². The van der Waals surface area contributed by atoms with Crippen molar-refractivity contribution in [3.05, 3.63) is 53.3 Å². The van der Waals surface area contributed by atoms with Gasteiger partial charge in [-0.05, 0) is 49.3 Å². The predicted octanol–water partition coefficient (Wildman–Crippen LogP) is 4.56. The summed E-state index contributed by atoms with van der Waals surface area (Å²) in [6.07, 6.45) is 6.15. The van der Waals surface area contributed by atoms with Crippen molar-refractivity contribution in [1.82, 2.24) is 24.5 Å². The molecular weight excluding hydrogens is 403 g/mol. The summed E-state index contributed by atoms with van der Waals surface area (Å²) < 4.78 is 2.80. The van der Waals surface area contributed by atoms with Crippen LogP contribution in [0, 0.1) is 4.77 Å². The summed E-state index contributed by atoms with van der Waals surface area (Å²) in [5.74, 6) is 0.833. The Hall–Kier alpha value is -2.22. The summed E-state index contributed by atoms with van der Waals surface area (Å²) in [6.45, 7) is 3.69. The highest BCUT2D eigenvalue weighted by Crippen LogP contribution is 2.25. The minimum Gasteiger partial charge on any atom is -0.369 e. The molecule has 0 unspecified atom stereocenters. The van der Waals surface area contributed by atoms with Gasteiger partial charge in [0.2, 0.25) is 0 Å². The number of rotatable bonds is 5. The molecule has 0 fully saturated rings. The van der Waals surface area contributed by atoms with Crippen molar-refractivity contribution in [2.24, 2.45) is 0 Å². The number of halogens is 2. The second-order valence-electron chi connectivity index (χ2n) is 5.82. The van der Waals surface area contributed by atoms with Crippen LogP contribution in [0.25, 0.3) is 21.9 Å². The first kappa shape index (κ1) is 21.1. The zero-order valence-corrected chi connectivity index (χ0v) is 17.1. The van der Waals surface area contributed by atoms with Gasteiger partial charge in [0, 0.05) is 30.9 Å². The number of H-pyrrole nitrogens is 1. The molecule has 2 N–H and O–H groups in total. The normalized spacial score (nSPS) is 10.4. The number of aryl methyl sites for hydroxylation is 1. The van der Waals surface area contributed by atoms with E-state index in [1.54, 1.807) is 12.5 Å². The van der Waals surface area contributed by atoms with Crippen molar-refractivity contribution in [3.8, 4) is 0 Å². The summed E-state index contributed by atoms with van der Waals surface area (Å²) >= 11 is 5.40. The molecule has 27 heavy (non-hydrogen) atoms. The molecule has 1 aromatic carbocycles. The van der Waals surface area contributed by atoms with E-state index >= 15 is 0 Å². The minimum atomic E-state index is 0. The zero-order chi connectivity index (χ0) is 17.2. The summed E-state index contributed by atoms with van der Waals surface area (Å²) in [6, 6.07) is 8.16. The SMILES string of the molecule is CCn1c(=S)[nH]c2cc3c(NCCc4cccnc4)ncnc3cc21.Cl.Cl. The number of nitrogens with zero attached hydrogens (tertiary/aromatic N) is 4. The Bertz CT molecular complexity index is 1090. The summed E-state index contributed by atoms with van der Waals surface area (Å²) in [7, 11) is 0. The third-order valence-corrected chi connectivity index (χ3v) is 4.60. The zero-order valence-electron chi connectivity index (χ0n) is 14.7. The van der Waals surface area contributed by atoms with E-state index < -0.39 is 0 Å². The van der Waals surface area contributed by atoms with Crippen molar-refractivity contribution >= 4 is 64.8 Å². The molecule has 0 saturated carbocycles. The number of hydrogen-bond acceptors (Lipinski definition) is 5. The van der Waals surface area contributed by atoms with E-state index in [1.807, 2.05) is 12.3 Å². The lowest BCUT2D eigenvalue weighted by molar-refractivity contribution is 0.774. The van der Waals surface area contributed by atoms with Crippen LogP contribution in [-0.2, 0) is 13.0 Å².